The number of fused-ring (bicyclic) bond motifs is 1. The van der Waals surface area contributed by atoms with Crippen LogP contribution in [0.5, 0.6) is 0 Å². The van der Waals surface area contributed by atoms with Gasteiger partial charge in [0.15, 0.2) is 11.4 Å². The number of ether oxygens (including phenoxy) is 2. The minimum atomic E-state index is -0.594. The summed E-state index contributed by atoms with van der Waals surface area (Å²) in [5.41, 5.74) is 6.41. The second-order valence-electron chi connectivity index (χ2n) is 11.4. The van der Waals surface area contributed by atoms with Gasteiger partial charge in [0.2, 0.25) is 0 Å². The molecule has 0 unspecified atom stereocenters. The monoisotopic (exact) mass is 632 g/mol. The summed E-state index contributed by atoms with van der Waals surface area (Å²) in [5.74, 6) is 0.135. The second-order valence-corrected chi connectivity index (χ2v) is 12.4. The number of benzene rings is 4. The molecule has 1 saturated heterocycles. The van der Waals surface area contributed by atoms with Crippen LogP contribution in [0.1, 0.15) is 61.8 Å². The third kappa shape index (κ3) is 6.00. The van der Waals surface area contributed by atoms with Crippen LogP contribution in [0, 0.1) is 0 Å². The number of nitrogens with zero attached hydrogens (tertiary/aromatic N) is 4. The smallest absolute Gasteiger partial charge is 0.261 e. The lowest BCUT2D eigenvalue weighted by Gasteiger charge is -2.36. The number of aliphatic hydroxyl groups is 1. The Labute approximate surface area is 270 Å². The molecule has 3 heterocycles. The number of amides is 2. The predicted molar refractivity (Wildman–Crippen MR) is 173 cm³/mol. The number of carbonyl (C=O) groups is 2. The summed E-state index contributed by atoms with van der Waals surface area (Å²) in [6, 6.07) is 30.6. The van der Waals surface area contributed by atoms with Crippen molar-refractivity contribution >= 4 is 23.6 Å². The predicted octanol–water partition coefficient (Wildman–Crippen LogP) is 6.11. The number of aryl methyl sites for hydroxylation is 1. The standard InChI is InChI=1S/C36H32N4O5S/c1-39-22-37-38-36(39)46-21-28-18-32(25-12-10-23(20-41)11-13-25)45-35(44-28)26-16-14-24(15-17-26)29-7-3-2-6-27(29)19-40-33(42)30-8-4-5-9-31(30)34(40)43/h2-17,22,28,32,35,41H,18-21H2,1H3/t28-,32+,35+/m0/s1. The van der Waals surface area contributed by atoms with Crippen LogP contribution in [0.15, 0.2) is 109 Å². The van der Waals surface area contributed by atoms with E-state index in [9.17, 15) is 14.7 Å². The number of aromatic nitrogens is 3. The van der Waals surface area contributed by atoms with Gasteiger partial charge in [-0.2, -0.15) is 0 Å². The highest BCUT2D eigenvalue weighted by atomic mass is 32.2. The third-order valence-corrected chi connectivity index (χ3v) is 9.57. The maximum atomic E-state index is 13.1. The van der Waals surface area contributed by atoms with Crippen molar-refractivity contribution in [2.45, 2.75) is 43.2 Å². The minimum absolute atomic E-state index is 0.0116. The zero-order valence-electron chi connectivity index (χ0n) is 25.2. The number of aliphatic hydroxyl groups excluding tert-OH is 1. The van der Waals surface area contributed by atoms with E-state index in [-0.39, 0.29) is 37.2 Å². The molecule has 2 amide bonds. The van der Waals surface area contributed by atoms with Gasteiger partial charge in [0.25, 0.3) is 11.8 Å². The van der Waals surface area contributed by atoms with Crippen LogP contribution in [0.3, 0.4) is 0 Å². The first kappa shape index (κ1) is 30.1. The number of hydrogen-bond acceptors (Lipinski definition) is 8. The highest BCUT2D eigenvalue weighted by Crippen LogP contribution is 2.40. The molecule has 46 heavy (non-hydrogen) atoms. The van der Waals surface area contributed by atoms with Gasteiger partial charge in [-0.15, -0.1) is 10.2 Å². The van der Waals surface area contributed by atoms with E-state index in [4.69, 9.17) is 9.47 Å². The molecule has 0 saturated carbocycles. The normalized spacial score (nSPS) is 19.4. The fourth-order valence-corrected chi connectivity index (χ4v) is 6.81. The molecular formula is C36H32N4O5S. The van der Waals surface area contributed by atoms with Crippen LogP contribution in [-0.2, 0) is 29.7 Å². The molecule has 0 spiro atoms. The first-order valence-electron chi connectivity index (χ1n) is 15.1. The van der Waals surface area contributed by atoms with Crippen LogP contribution < -0.4 is 0 Å². The third-order valence-electron chi connectivity index (χ3n) is 8.40. The van der Waals surface area contributed by atoms with E-state index in [2.05, 4.69) is 10.2 Å². The Balaban J connectivity index is 1.11. The van der Waals surface area contributed by atoms with Crippen molar-refractivity contribution in [1.82, 2.24) is 19.7 Å². The summed E-state index contributed by atoms with van der Waals surface area (Å²) in [7, 11) is 1.92. The summed E-state index contributed by atoms with van der Waals surface area (Å²) in [6.07, 6.45) is 1.45. The van der Waals surface area contributed by atoms with Gasteiger partial charge in [0.05, 0.1) is 36.5 Å². The lowest BCUT2D eigenvalue weighted by Crippen LogP contribution is -2.31. The van der Waals surface area contributed by atoms with Gasteiger partial charge in [-0.25, -0.2) is 0 Å². The van der Waals surface area contributed by atoms with Gasteiger partial charge >= 0.3 is 0 Å². The average Bonchev–Trinajstić information content (AvgIpc) is 3.63. The Hall–Kier alpha value is -4.61. The molecule has 0 aliphatic carbocycles. The number of thioether (sulfide) groups is 1. The lowest BCUT2D eigenvalue weighted by molar-refractivity contribution is -0.245. The van der Waals surface area contributed by atoms with Gasteiger partial charge in [0.1, 0.15) is 6.33 Å². The highest BCUT2D eigenvalue weighted by Gasteiger charge is 2.36. The van der Waals surface area contributed by atoms with Crippen molar-refractivity contribution < 1.29 is 24.2 Å². The fourth-order valence-electron chi connectivity index (χ4n) is 5.91. The molecule has 0 bridgehead atoms. The zero-order valence-corrected chi connectivity index (χ0v) is 26.0. The molecule has 2 aliphatic heterocycles. The molecule has 3 atom stereocenters. The number of rotatable bonds is 9. The van der Waals surface area contributed by atoms with Crippen molar-refractivity contribution in [3.8, 4) is 11.1 Å². The number of hydrogen-bond donors (Lipinski definition) is 1. The minimum Gasteiger partial charge on any atom is -0.392 e. The van der Waals surface area contributed by atoms with Crippen molar-refractivity contribution in [3.63, 3.8) is 0 Å². The van der Waals surface area contributed by atoms with E-state index in [1.54, 1.807) is 42.4 Å². The number of imide groups is 1. The quantitative estimate of drug-likeness (QED) is 0.153. The highest BCUT2D eigenvalue weighted by molar-refractivity contribution is 7.99. The maximum Gasteiger partial charge on any atom is 0.261 e. The van der Waals surface area contributed by atoms with Crippen molar-refractivity contribution in [2.24, 2.45) is 7.05 Å². The van der Waals surface area contributed by atoms with E-state index in [0.29, 0.717) is 23.3 Å². The lowest BCUT2D eigenvalue weighted by atomic mass is 9.97. The Morgan fingerprint density at radius 3 is 2.13 bits per heavy atom. The van der Waals surface area contributed by atoms with Crippen LogP contribution in [0.25, 0.3) is 11.1 Å². The Kier molecular flexibility index (Phi) is 8.51. The summed E-state index contributed by atoms with van der Waals surface area (Å²) in [5, 5.41) is 18.5. The van der Waals surface area contributed by atoms with Gasteiger partial charge in [-0.3, -0.25) is 14.5 Å². The first-order valence-corrected chi connectivity index (χ1v) is 16.1. The van der Waals surface area contributed by atoms with E-state index in [1.165, 1.54) is 4.90 Å². The molecule has 4 aromatic carbocycles. The topological polar surface area (TPSA) is 107 Å². The number of carbonyl (C=O) groups excluding carboxylic acids is 2. The molecule has 7 rings (SSSR count). The molecule has 5 aromatic rings. The van der Waals surface area contributed by atoms with Crippen molar-refractivity contribution in [2.75, 3.05) is 5.75 Å². The van der Waals surface area contributed by atoms with Crippen LogP contribution in [-0.4, -0.2) is 48.4 Å². The van der Waals surface area contributed by atoms with Crippen LogP contribution in [0.2, 0.25) is 0 Å². The molecule has 0 radical (unpaired) electrons. The van der Waals surface area contributed by atoms with Crippen molar-refractivity contribution in [3.05, 3.63) is 137 Å². The van der Waals surface area contributed by atoms with Gasteiger partial charge in [0, 0.05) is 24.8 Å². The second kappa shape index (κ2) is 13.0. The molecule has 2 aliphatic rings. The largest absolute Gasteiger partial charge is 0.392 e. The molecule has 1 N–H and O–H groups in total. The molecule has 1 fully saturated rings. The zero-order chi connectivity index (χ0) is 31.6. The maximum absolute atomic E-state index is 13.1. The van der Waals surface area contributed by atoms with Gasteiger partial charge in [-0.1, -0.05) is 96.7 Å². The van der Waals surface area contributed by atoms with Gasteiger partial charge in [-0.05, 0) is 39.9 Å². The average molecular weight is 633 g/mol. The van der Waals surface area contributed by atoms with E-state index in [1.807, 2.05) is 84.4 Å². The molecule has 232 valence electrons. The molecule has 1 aromatic heterocycles. The van der Waals surface area contributed by atoms with E-state index < -0.39 is 6.29 Å². The van der Waals surface area contributed by atoms with E-state index >= 15 is 0 Å². The SMILES string of the molecule is Cn1cnnc1SC[C@@H]1C[C@H](c2ccc(CO)cc2)O[C@H](c2ccc(-c3ccccc3CN3C(=O)c4ccccc4C3=O)cc2)O1. The summed E-state index contributed by atoms with van der Waals surface area (Å²) in [4.78, 5) is 27.4. The fraction of sp³-hybridized carbons (Fsp3) is 0.222. The van der Waals surface area contributed by atoms with Crippen molar-refractivity contribution in [1.29, 1.82) is 0 Å². The molecule has 10 heteroatoms. The summed E-state index contributed by atoms with van der Waals surface area (Å²) >= 11 is 1.60. The van der Waals surface area contributed by atoms with Crippen LogP contribution >= 0.6 is 11.8 Å². The Morgan fingerprint density at radius 1 is 0.826 bits per heavy atom. The van der Waals surface area contributed by atoms with Crippen LogP contribution in [0.4, 0.5) is 0 Å². The van der Waals surface area contributed by atoms with Gasteiger partial charge < -0.3 is 19.1 Å². The Bertz CT molecular complexity index is 1840. The first-order chi connectivity index (χ1) is 22.5. The Morgan fingerprint density at radius 2 is 1.48 bits per heavy atom. The molecule has 9 nitrogen and oxygen atoms in total. The molecular weight excluding hydrogens is 600 g/mol. The van der Waals surface area contributed by atoms with E-state index in [0.717, 1.165) is 38.5 Å². The summed E-state index contributed by atoms with van der Waals surface area (Å²) < 4.78 is 14.9. The summed E-state index contributed by atoms with van der Waals surface area (Å²) in [6.45, 7) is 0.170.